The number of aliphatic hydroxyl groups is 2. The molecular weight excluding hydrogens is 379 g/mol. The number of H-pyrrole nitrogens is 1. The number of nitrogens with one attached hydrogen (secondary N) is 1. The fourth-order valence-electron chi connectivity index (χ4n) is 3.58. The van der Waals surface area contributed by atoms with Crippen molar-refractivity contribution in [3.8, 4) is 0 Å². The van der Waals surface area contributed by atoms with Crippen LogP contribution in [0.5, 0.6) is 0 Å². The van der Waals surface area contributed by atoms with Crippen molar-refractivity contribution < 1.29 is 14.9 Å². The summed E-state index contributed by atoms with van der Waals surface area (Å²) in [4.78, 5) is 23.9. The van der Waals surface area contributed by atoms with Gasteiger partial charge in [0.2, 0.25) is 0 Å². The molecule has 3 rings (SSSR count). The number of fused-ring (bicyclic) bond motifs is 1. The summed E-state index contributed by atoms with van der Waals surface area (Å²) in [7, 11) is 0. The van der Waals surface area contributed by atoms with Gasteiger partial charge in [0.05, 0.1) is 6.10 Å². The van der Waals surface area contributed by atoms with E-state index in [4.69, 9.17) is 4.74 Å². The van der Waals surface area contributed by atoms with Gasteiger partial charge in [0.25, 0.3) is 5.56 Å². The summed E-state index contributed by atoms with van der Waals surface area (Å²) in [6.45, 7) is 6.77. The van der Waals surface area contributed by atoms with Gasteiger partial charge in [-0.3, -0.25) is 9.36 Å². The molecule has 2 unspecified atom stereocenters. The first-order valence-corrected chi connectivity index (χ1v) is 12.8. The van der Waals surface area contributed by atoms with Crippen molar-refractivity contribution in [2.24, 2.45) is 0 Å². The SMILES string of the molecule is C=P(C)(C)CC[C@H]1OC(n2c(CCCC)nc3c(=O)[nH]c(C)nc32)C(O)[C@@H]1O. The lowest BCUT2D eigenvalue weighted by molar-refractivity contribution is -0.0368. The summed E-state index contributed by atoms with van der Waals surface area (Å²) in [5.74, 6) is 1.11. The predicted molar refractivity (Wildman–Crippen MR) is 113 cm³/mol. The van der Waals surface area contributed by atoms with Gasteiger partial charge in [0.15, 0.2) is 17.4 Å². The van der Waals surface area contributed by atoms with Crippen molar-refractivity contribution >= 4 is 24.3 Å². The average molecular weight is 410 g/mol. The molecule has 0 bridgehead atoms. The van der Waals surface area contributed by atoms with Gasteiger partial charge in [0.1, 0.15) is 23.9 Å². The molecule has 0 saturated carbocycles. The summed E-state index contributed by atoms with van der Waals surface area (Å²) in [6.07, 6.45) is 4.75. The van der Waals surface area contributed by atoms with Crippen LogP contribution in [0.3, 0.4) is 0 Å². The number of aliphatic hydroxyl groups excluding tert-OH is 2. The molecule has 0 radical (unpaired) electrons. The molecule has 0 aromatic carbocycles. The number of aromatic nitrogens is 4. The van der Waals surface area contributed by atoms with Crippen molar-refractivity contribution in [3.63, 3.8) is 0 Å². The molecule has 3 heterocycles. The molecule has 3 N–H and O–H groups in total. The molecule has 9 heteroatoms. The van der Waals surface area contributed by atoms with Gasteiger partial charge in [0, 0.05) is 6.42 Å². The molecule has 0 amide bonds. The van der Waals surface area contributed by atoms with Gasteiger partial charge in [-0.15, -0.1) is 13.2 Å². The molecule has 1 saturated heterocycles. The quantitative estimate of drug-likeness (QED) is 0.596. The van der Waals surface area contributed by atoms with Gasteiger partial charge < -0.3 is 19.9 Å². The maximum absolute atomic E-state index is 12.3. The number of aryl methyl sites for hydroxylation is 2. The van der Waals surface area contributed by atoms with E-state index < -0.39 is 31.4 Å². The van der Waals surface area contributed by atoms with Crippen LogP contribution >= 0.6 is 6.89 Å². The normalized spacial score (nSPS) is 25.6. The lowest BCUT2D eigenvalue weighted by Crippen LogP contribution is -2.32. The van der Waals surface area contributed by atoms with E-state index in [2.05, 4.69) is 41.5 Å². The molecule has 1 aliphatic rings. The molecule has 1 fully saturated rings. The maximum Gasteiger partial charge on any atom is 0.279 e. The van der Waals surface area contributed by atoms with Crippen molar-refractivity contribution in [1.82, 2.24) is 19.5 Å². The van der Waals surface area contributed by atoms with E-state index in [1.54, 1.807) is 11.5 Å². The number of imidazole rings is 1. The monoisotopic (exact) mass is 410 g/mol. The Balaban J connectivity index is 2.01. The first-order chi connectivity index (χ1) is 13.1. The third-order valence-corrected chi connectivity index (χ3v) is 6.58. The van der Waals surface area contributed by atoms with E-state index in [0.29, 0.717) is 30.1 Å². The summed E-state index contributed by atoms with van der Waals surface area (Å²) < 4.78 is 7.79. The number of nitrogens with zero attached hydrogens (tertiary/aromatic N) is 3. The summed E-state index contributed by atoms with van der Waals surface area (Å²) in [5.41, 5.74) is 0.302. The number of ether oxygens (including phenoxy) is 1. The van der Waals surface area contributed by atoms with Gasteiger partial charge in [-0.05, 0) is 39.3 Å². The predicted octanol–water partition coefficient (Wildman–Crippen LogP) is 1.49. The minimum absolute atomic E-state index is 0.232. The highest BCUT2D eigenvalue weighted by Gasteiger charge is 2.45. The molecule has 0 spiro atoms. The zero-order chi connectivity index (χ0) is 20.6. The average Bonchev–Trinajstić information content (AvgIpc) is 3.09. The number of rotatable bonds is 7. The van der Waals surface area contributed by atoms with Crippen LogP contribution in [0.4, 0.5) is 0 Å². The topological polar surface area (TPSA) is 113 Å². The Morgan fingerprint density at radius 2 is 2.00 bits per heavy atom. The summed E-state index contributed by atoms with van der Waals surface area (Å²) in [5, 5.41) is 21.3. The largest absolute Gasteiger partial charge is 0.388 e. The van der Waals surface area contributed by atoms with Gasteiger partial charge in [-0.2, -0.15) is 0 Å². The minimum Gasteiger partial charge on any atom is -0.388 e. The highest BCUT2D eigenvalue weighted by Crippen LogP contribution is 2.40. The van der Waals surface area contributed by atoms with Crippen LogP contribution in [0.1, 0.15) is 44.1 Å². The van der Waals surface area contributed by atoms with Crippen LogP contribution in [0.2, 0.25) is 0 Å². The number of aromatic amines is 1. The first kappa shape index (κ1) is 21.2. The minimum atomic E-state index is -1.27. The van der Waals surface area contributed by atoms with Crippen LogP contribution in [0.25, 0.3) is 11.2 Å². The molecule has 4 atom stereocenters. The van der Waals surface area contributed by atoms with Crippen LogP contribution in [0, 0.1) is 6.92 Å². The molecule has 156 valence electrons. The summed E-state index contributed by atoms with van der Waals surface area (Å²) >= 11 is 0. The first-order valence-electron chi connectivity index (χ1n) is 9.79. The third-order valence-electron chi connectivity index (χ3n) is 5.11. The van der Waals surface area contributed by atoms with Gasteiger partial charge in [-0.25, -0.2) is 9.97 Å². The van der Waals surface area contributed by atoms with Crippen LogP contribution in [-0.4, -0.2) is 73.8 Å². The Morgan fingerprint density at radius 3 is 2.64 bits per heavy atom. The fourth-order valence-corrected chi connectivity index (χ4v) is 4.53. The van der Waals surface area contributed by atoms with E-state index >= 15 is 0 Å². The highest BCUT2D eigenvalue weighted by atomic mass is 31.2. The Kier molecular flexibility index (Phi) is 6.15. The fraction of sp³-hybridized carbons (Fsp3) is 0.684. The molecule has 2 aromatic rings. The Hall–Kier alpha value is -1.47. The second kappa shape index (κ2) is 8.11. The zero-order valence-corrected chi connectivity index (χ0v) is 17.9. The lowest BCUT2D eigenvalue weighted by Gasteiger charge is -2.20. The standard InChI is InChI=1S/C19H31N4O4P/c1-6-7-8-13-22-14-17(20-11(2)21-18(14)26)23(13)19-16(25)15(24)12(27-19)9-10-28(3,4)5/h12,15-16,19,24-25H,3,6-10H2,1-2,4-5H3,(H,20,21,26)/t12-,15-,16?,19?/m1/s1. The summed E-state index contributed by atoms with van der Waals surface area (Å²) in [6, 6.07) is 0. The molecule has 2 aromatic heterocycles. The number of hydrogen-bond acceptors (Lipinski definition) is 6. The van der Waals surface area contributed by atoms with Crippen molar-refractivity contribution in [1.29, 1.82) is 0 Å². The third kappa shape index (κ3) is 4.25. The number of hydrogen-bond donors (Lipinski definition) is 3. The van der Waals surface area contributed by atoms with E-state index in [-0.39, 0.29) is 11.1 Å². The Bertz CT molecular complexity index is 947. The maximum atomic E-state index is 12.3. The van der Waals surface area contributed by atoms with Crippen LogP contribution < -0.4 is 5.56 Å². The second-order valence-corrected chi connectivity index (χ2v) is 12.6. The Labute approximate surface area is 165 Å². The molecule has 1 aliphatic heterocycles. The van der Waals surface area contributed by atoms with E-state index in [9.17, 15) is 15.0 Å². The molecule has 28 heavy (non-hydrogen) atoms. The molecular formula is C19H31N4O4P. The smallest absolute Gasteiger partial charge is 0.279 e. The lowest BCUT2D eigenvalue weighted by atomic mass is 10.1. The van der Waals surface area contributed by atoms with Crippen LogP contribution in [-0.2, 0) is 11.2 Å². The Morgan fingerprint density at radius 1 is 1.29 bits per heavy atom. The van der Waals surface area contributed by atoms with E-state index in [0.717, 1.165) is 19.0 Å². The molecule has 8 nitrogen and oxygen atoms in total. The van der Waals surface area contributed by atoms with Crippen LogP contribution in [0.15, 0.2) is 4.79 Å². The van der Waals surface area contributed by atoms with Gasteiger partial charge in [-0.1, -0.05) is 13.3 Å². The van der Waals surface area contributed by atoms with Crippen molar-refractivity contribution in [3.05, 3.63) is 22.0 Å². The van der Waals surface area contributed by atoms with E-state index in [1.807, 2.05) is 0 Å². The molecule has 0 aliphatic carbocycles. The van der Waals surface area contributed by atoms with E-state index in [1.165, 1.54) is 0 Å². The highest BCUT2D eigenvalue weighted by molar-refractivity contribution is 7.72. The van der Waals surface area contributed by atoms with Crippen molar-refractivity contribution in [2.75, 3.05) is 19.5 Å². The second-order valence-electron chi connectivity index (χ2n) is 8.32. The number of unbranched alkanes of at least 4 members (excludes halogenated alkanes) is 1. The van der Waals surface area contributed by atoms with Crippen molar-refractivity contribution in [2.45, 2.75) is 64.1 Å². The van der Waals surface area contributed by atoms with Gasteiger partial charge >= 0.3 is 0 Å². The zero-order valence-electron chi connectivity index (χ0n) is 17.1.